The zero-order chi connectivity index (χ0) is 25.6. The number of hydrogen-bond acceptors (Lipinski definition) is 10. The third-order valence-electron chi connectivity index (χ3n) is 5.43. The largest absolute Gasteiger partial charge is 0.481 e. The van der Waals surface area contributed by atoms with Gasteiger partial charge in [-0.2, -0.15) is 0 Å². The molecule has 0 aromatic heterocycles. The number of carbonyl (C=O) groups excluding carboxylic acids is 1. The molecular formula is C20H23NO13. The fraction of sp³-hybridized carbons (Fsp3) is 0.500. The number of carbonyl (C=O) groups is 4. The second-order valence-corrected chi connectivity index (χ2v) is 7.57. The summed E-state index contributed by atoms with van der Waals surface area (Å²) in [6.45, 7) is -0.509. The lowest BCUT2D eigenvalue weighted by atomic mass is 9.71. The van der Waals surface area contributed by atoms with Gasteiger partial charge in [-0.25, -0.2) is 4.79 Å². The number of aliphatic hydroxyl groups is 1. The van der Waals surface area contributed by atoms with Gasteiger partial charge in [0, 0.05) is 24.3 Å². The molecule has 186 valence electrons. The zero-order valence-corrected chi connectivity index (χ0v) is 17.9. The van der Waals surface area contributed by atoms with E-state index in [2.05, 4.69) is 4.74 Å². The number of carboxylic acids is 3. The summed E-state index contributed by atoms with van der Waals surface area (Å²) in [5.41, 5.74) is -0.412. The molecule has 1 saturated heterocycles. The standard InChI is InChI=1S/C20H23NO13/c1-32-19(29)18-11(6-16(25)26)10(5-15(23)24)12(7-17(27)28)20(34-18)33-14-3-2-9(8-22)4-13(14)21(30)31/h2-4,10-12,18,20,22H,5-8H2,1H3,(H,23,24)(H,25,26)(H,27,28)/t10-,11-,12+,18-,20+/m0/s1. The second kappa shape index (κ2) is 11.4. The molecule has 2 rings (SSSR count). The third-order valence-corrected chi connectivity index (χ3v) is 5.43. The molecule has 0 saturated carbocycles. The van der Waals surface area contributed by atoms with E-state index in [1.54, 1.807) is 0 Å². The van der Waals surface area contributed by atoms with Gasteiger partial charge in [0.2, 0.25) is 6.29 Å². The molecule has 1 aliphatic heterocycles. The Labute approximate surface area is 191 Å². The number of benzene rings is 1. The number of methoxy groups -OCH3 is 1. The average Bonchev–Trinajstić information content (AvgIpc) is 2.76. The smallest absolute Gasteiger partial charge is 0.335 e. The van der Waals surface area contributed by atoms with Crippen molar-refractivity contribution in [2.75, 3.05) is 7.11 Å². The van der Waals surface area contributed by atoms with E-state index >= 15 is 0 Å². The molecule has 0 unspecified atom stereocenters. The van der Waals surface area contributed by atoms with Crippen molar-refractivity contribution in [1.29, 1.82) is 0 Å². The molecule has 0 spiro atoms. The summed E-state index contributed by atoms with van der Waals surface area (Å²) in [7, 11) is 0.993. The van der Waals surface area contributed by atoms with Crippen molar-refractivity contribution >= 4 is 29.6 Å². The quantitative estimate of drug-likeness (QED) is 0.192. The van der Waals surface area contributed by atoms with Crippen LogP contribution in [0.4, 0.5) is 5.69 Å². The van der Waals surface area contributed by atoms with Crippen LogP contribution in [0, 0.1) is 27.9 Å². The lowest BCUT2D eigenvalue weighted by Crippen LogP contribution is -2.54. The lowest BCUT2D eigenvalue weighted by Gasteiger charge is -2.44. The Hall–Kier alpha value is -3.78. The molecule has 1 aromatic rings. The Balaban J connectivity index is 2.58. The second-order valence-electron chi connectivity index (χ2n) is 7.57. The van der Waals surface area contributed by atoms with Gasteiger partial charge >= 0.3 is 29.6 Å². The number of nitro groups is 1. The number of ether oxygens (including phenoxy) is 3. The first kappa shape index (κ1) is 26.5. The highest BCUT2D eigenvalue weighted by atomic mass is 16.7. The fourth-order valence-corrected chi connectivity index (χ4v) is 3.99. The number of aliphatic hydroxyl groups excluding tert-OH is 1. The molecule has 0 amide bonds. The minimum Gasteiger partial charge on any atom is -0.481 e. The number of esters is 1. The molecule has 0 radical (unpaired) electrons. The van der Waals surface area contributed by atoms with E-state index in [0.717, 1.165) is 19.2 Å². The molecule has 5 atom stereocenters. The van der Waals surface area contributed by atoms with Crippen LogP contribution >= 0.6 is 0 Å². The Morgan fingerprint density at radius 2 is 1.56 bits per heavy atom. The van der Waals surface area contributed by atoms with E-state index < -0.39 is 96.3 Å². The van der Waals surface area contributed by atoms with Crippen LogP contribution < -0.4 is 4.74 Å². The van der Waals surface area contributed by atoms with Crippen LogP contribution in [0.3, 0.4) is 0 Å². The predicted molar refractivity (Wildman–Crippen MR) is 108 cm³/mol. The molecule has 14 heteroatoms. The average molecular weight is 485 g/mol. The molecule has 0 bridgehead atoms. The van der Waals surface area contributed by atoms with Crippen molar-refractivity contribution in [3.05, 3.63) is 33.9 Å². The van der Waals surface area contributed by atoms with Gasteiger partial charge in [0.15, 0.2) is 11.9 Å². The zero-order valence-electron chi connectivity index (χ0n) is 17.9. The summed E-state index contributed by atoms with van der Waals surface area (Å²) in [4.78, 5) is 57.6. The van der Waals surface area contributed by atoms with Gasteiger partial charge in [-0.15, -0.1) is 0 Å². The first-order chi connectivity index (χ1) is 16.0. The number of carboxylic acid groups (broad SMARTS) is 3. The van der Waals surface area contributed by atoms with Crippen LogP contribution in [-0.4, -0.2) is 68.7 Å². The van der Waals surface area contributed by atoms with Gasteiger partial charge in [0.25, 0.3) is 0 Å². The lowest BCUT2D eigenvalue weighted by molar-refractivity contribution is -0.386. The van der Waals surface area contributed by atoms with E-state index in [-0.39, 0.29) is 5.56 Å². The predicted octanol–water partition coefficient (Wildman–Crippen LogP) is 0.636. The van der Waals surface area contributed by atoms with Crippen LogP contribution in [0.1, 0.15) is 24.8 Å². The van der Waals surface area contributed by atoms with Crippen molar-refractivity contribution < 1.29 is 58.7 Å². The van der Waals surface area contributed by atoms with E-state index in [1.165, 1.54) is 6.07 Å². The van der Waals surface area contributed by atoms with Crippen molar-refractivity contribution in [3.63, 3.8) is 0 Å². The van der Waals surface area contributed by atoms with E-state index in [9.17, 15) is 49.7 Å². The highest BCUT2D eigenvalue weighted by Crippen LogP contribution is 2.43. The van der Waals surface area contributed by atoms with Crippen molar-refractivity contribution in [1.82, 2.24) is 0 Å². The molecule has 34 heavy (non-hydrogen) atoms. The number of nitrogens with zero attached hydrogens (tertiary/aromatic N) is 1. The Morgan fingerprint density at radius 3 is 2.06 bits per heavy atom. The Morgan fingerprint density at radius 1 is 1.00 bits per heavy atom. The monoisotopic (exact) mass is 485 g/mol. The summed E-state index contributed by atoms with van der Waals surface area (Å²) in [6, 6.07) is 3.45. The van der Waals surface area contributed by atoms with E-state index in [4.69, 9.17) is 9.47 Å². The van der Waals surface area contributed by atoms with Crippen LogP contribution in [0.5, 0.6) is 5.75 Å². The van der Waals surface area contributed by atoms with E-state index in [1.807, 2.05) is 0 Å². The summed E-state index contributed by atoms with van der Waals surface area (Å²) < 4.78 is 15.8. The number of aliphatic carboxylic acids is 3. The Bertz CT molecular complexity index is 962. The first-order valence-electron chi connectivity index (χ1n) is 9.91. The van der Waals surface area contributed by atoms with Gasteiger partial charge in [0.05, 0.1) is 31.5 Å². The Kier molecular flexibility index (Phi) is 8.86. The highest BCUT2D eigenvalue weighted by Gasteiger charge is 2.52. The number of nitro benzene ring substituents is 1. The molecular weight excluding hydrogens is 462 g/mol. The van der Waals surface area contributed by atoms with Gasteiger partial charge < -0.3 is 34.6 Å². The van der Waals surface area contributed by atoms with Crippen molar-refractivity contribution in [2.45, 2.75) is 38.3 Å². The molecule has 1 fully saturated rings. The van der Waals surface area contributed by atoms with E-state index in [0.29, 0.717) is 0 Å². The minimum absolute atomic E-state index is 0.184. The maximum absolute atomic E-state index is 12.4. The number of hydrogen-bond donors (Lipinski definition) is 4. The normalized spacial score (nSPS) is 24.1. The van der Waals surface area contributed by atoms with Crippen molar-refractivity contribution in [3.8, 4) is 5.75 Å². The maximum atomic E-state index is 12.4. The van der Waals surface area contributed by atoms with Crippen LogP contribution in [0.2, 0.25) is 0 Å². The van der Waals surface area contributed by atoms with Crippen molar-refractivity contribution in [2.24, 2.45) is 17.8 Å². The maximum Gasteiger partial charge on any atom is 0.335 e. The summed E-state index contributed by atoms with van der Waals surface area (Å²) in [5, 5.41) is 48.8. The summed E-state index contributed by atoms with van der Waals surface area (Å²) in [6.07, 6.45) is -5.51. The van der Waals surface area contributed by atoms with Crippen LogP contribution in [-0.2, 0) is 35.3 Å². The SMILES string of the molecule is COC(=O)[C@H]1O[C@@H](Oc2ccc(CO)cc2[N+](=O)[O-])[C@H](CC(=O)O)[C@@H](CC(=O)O)[C@@H]1CC(=O)O. The molecule has 0 aliphatic carbocycles. The van der Waals surface area contributed by atoms with Gasteiger partial charge in [0.1, 0.15) is 0 Å². The minimum atomic E-state index is -1.67. The summed E-state index contributed by atoms with van der Waals surface area (Å²) in [5.74, 6) is -9.42. The molecule has 14 nitrogen and oxygen atoms in total. The molecule has 1 heterocycles. The number of rotatable bonds is 11. The summed E-state index contributed by atoms with van der Waals surface area (Å²) >= 11 is 0. The van der Waals surface area contributed by atoms with Gasteiger partial charge in [-0.05, 0) is 17.5 Å². The van der Waals surface area contributed by atoms with Crippen LogP contribution in [0.15, 0.2) is 18.2 Å². The molecule has 1 aromatic carbocycles. The van der Waals surface area contributed by atoms with Gasteiger partial charge in [-0.3, -0.25) is 24.5 Å². The van der Waals surface area contributed by atoms with Gasteiger partial charge in [-0.1, -0.05) is 6.07 Å². The highest BCUT2D eigenvalue weighted by molar-refractivity contribution is 5.77. The molecule has 4 N–H and O–H groups in total. The topological polar surface area (TPSA) is 220 Å². The molecule has 1 aliphatic rings. The fourth-order valence-electron chi connectivity index (χ4n) is 3.99. The first-order valence-corrected chi connectivity index (χ1v) is 9.91. The van der Waals surface area contributed by atoms with Crippen LogP contribution in [0.25, 0.3) is 0 Å². The third kappa shape index (κ3) is 6.39.